The summed E-state index contributed by atoms with van der Waals surface area (Å²) < 4.78 is 9.24. The number of methoxy groups -OCH3 is 2. The molecule has 1 fully saturated rings. The van der Waals surface area contributed by atoms with Gasteiger partial charge in [0, 0.05) is 17.3 Å². The van der Waals surface area contributed by atoms with Crippen LogP contribution >= 0.6 is 0 Å². The third-order valence-corrected chi connectivity index (χ3v) is 4.46. The molecule has 140 valence electrons. The second kappa shape index (κ2) is 9.03. The zero-order valence-corrected chi connectivity index (χ0v) is 15.3. The fourth-order valence-electron chi connectivity index (χ4n) is 2.91. The topological polar surface area (TPSA) is 93.7 Å². The molecule has 0 atom stereocenters. The van der Waals surface area contributed by atoms with Crippen molar-refractivity contribution in [2.24, 2.45) is 5.92 Å². The van der Waals surface area contributed by atoms with Crippen LogP contribution in [0.15, 0.2) is 30.0 Å². The molecular formula is C19H24N2O5. The summed E-state index contributed by atoms with van der Waals surface area (Å²) in [6, 6.07) is 5.30. The SMILES string of the molecule is COC(=O)/C=C(/Nc1cccc(NC(=O)C2CCCC2)c1C)C(=O)OC. The molecule has 2 rings (SSSR count). The van der Waals surface area contributed by atoms with Crippen molar-refractivity contribution < 1.29 is 23.9 Å². The fraction of sp³-hybridized carbons (Fsp3) is 0.421. The van der Waals surface area contributed by atoms with E-state index in [4.69, 9.17) is 0 Å². The first-order chi connectivity index (χ1) is 12.5. The average Bonchev–Trinajstić information content (AvgIpc) is 3.18. The van der Waals surface area contributed by atoms with Gasteiger partial charge >= 0.3 is 11.9 Å². The van der Waals surface area contributed by atoms with Crippen molar-refractivity contribution in [2.75, 3.05) is 24.9 Å². The number of benzene rings is 1. The van der Waals surface area contributed by atoms with Crippen molar-refractivity contribution in [3.63, 3.8) is 0 Å². The Morgan fingerprint density at radius 1 is 1.04 bits per heavy atom. The predicted molar refractivity (Wildman–Crippen MR) is 97.5 cm³/mol. The molecule has 26 heavy (non-hydrogen) atoms. The lowest BCUT2D eigenvalue weighted by Gasteiger charge is -2.16. The van der Waals surface area contributed by atoms with Gasteiger partial charge in [-0.25, -0.2) is 9.59 Å². The molecule has 0 saturated heterocycles. The highest BCUT2D eigenvalue weighted by atomic mass is 16.5. The molecule has 1 saturated carbocycles. The lowest BCUT2D eigenvalue weighted by atomic mass is 10.1. The maximum atomic E-state index is 12.4. The molecule has 7 nitrogen and oxygen atoms in total. The quantitative estimate of drug-likeness (QED) is 0.598. The molecule has 0 aliphatic heterocycles. The van der Waals surface area contributed by atoms with E-state index in [0.29, 0.717) is 11.4 Å². The zero-order chi connectivity index (χ0) is 19.1. The number of carbonyl (C=O) groups is 3. The summed E-state index contributed by atoms with van der Waals surface area (Å²) in [5.41, 5.74) is 1.93. The number of ether oxygens (including phenoxy) is 2. The second-order valence-corrected chi connectivity index (χ2v) is 6.15. The average molecular weight is 360 g/mol. The van der Waals surface area contributed by atoms with Gasteiger partial charge in [-0.15, -0.1) is 0 Å². The maximum Gasteiger partial charge on any atom is 0.354 e. The van der Waals surface area contributed by atoms with E-state index in [1.807, 2.05) is 6.92 Å². The van der Waals surface area contributed by atoms with Crippen LogP contribution in [0.25, 0.3) is 0 Å². The molecule has 0 bridgehead atoms. The summed E-state index contributed by atoms with van der Waals surface area (Å²) in [6.45, 7) is 1.82. The van der Waals surface area contributed by atoms with E-state index in [9.17, 15) is 14.4 Å². The van der Waals surface area contributed by atoms with Crippen LogP contribution in [0.1, 0.15) is 31.2 Å². The minimum atomic E-state index is -0.699. The molecule has 0 radical (unpaired) electrons. The molecule has 1 aliphatic rings. The van der Waals surface area contributed by atoms with Gasteiger partial charge in [-0.05, 0) is 37.5 Å². The normalized spacial score (nSPS) is 14.7. The highest BCUT2D eigenvalue weighted by molar-refractivity contribution is 5.99. The third-order valence-electron chi connectivity index (χ3n) is 4.46. The van der Waals surface area contributed by atoms with Crippen molar-refractivity contribution in [2.45, 2.75) is 32.6 Å². The Labute approximate surface area is 152 Å². The Bertz CT molecular complexity index is 721. The third kappa shape index (κ3) is 4.84. The van der Waals surface area contributed by atoms with E-state index in [0.717, 1.165) is 37.3 Å². The lowest BCUT2D eigenvalue weighted by molar-refractivity contribution is -0.138. The smallest absolute Gasteiger partial charge is 0.354 e. The Morgan fingerprint density at radius 3 is 2.23 bits per heavy atom. The van der Waals surface area contributed by atoms with Gasteiger partial charge in [0.05, 0.1) is 20.3 Å². The first-order valence-electron chi connectivity index (χ1n) is 8.51. The van der Waals surface area contributed by atoms with E-state index in [2.05, 4.69) is 20.1 Å². The van der Waals surface area contributed by atoms with Gasteiger partial charge in [0.1, 0.15) is 5.70 Å². The molecule has 0 spiro atoms. The molecule has 1 aliphatic carbocycles. The molecule has 7 heteroatoms. The fourth-order valence-corrected chi connectivity index (χ4v) is 2.91. The predicted octanol–water partition coefficient (Wildman–Crippen LogP) is 2.77. The summed E-state index contributed by atoms with van der Waals surface area (Å²) in [4.78, 5) is 35.7. The minimum absolute atomic E-state index is 0.0149. The van der Waals surface area contributed by atoms with Crippen LogP contribution in [0.4, 0.5) is 11.4 Å². The summed E-state index contributed by atoms with van der Waals surface area (Å²) in [5, 5.41) is 5.84. The van der Waals surface area contributed by atoms with E-state index in [1.54, 1.807) is 18.2 Å². The number of anilines is 2. The minimum Gasteiger partial charge on any atom is -0.466 e. The number of hydrogen-bond acceptors (Lipinski definition) is 6. The standard InChI is InChI=1S/C19H24N2O5/c1-12-14(20-16(19(24)26-3)11-17(22)25-2)9-6-10-15(12)21-18(23)13-7-4-5-8-13/h6,9-11,13,20H,4-5,7-8H2,1-3H3,(H,21,23)/b16-11+. The molecule has 1 amide bonds. The van der Waals surface area contributed by atoms with Crippen LogP contribution in [0.3, 0.4) is 0 Å². The van der Waals surface area contributed by atoms with E-state index in [1.165, 1.54) is 14.2 Å². The number of rotatable bonds is 6. The first-order valence-corrected chi connectivity index (χ1v) is 8.51. The van der Waals surface area contributed by atoms with Crippen LogP contribution in [-0.2, 0) is 23.9 Å². The van der Waals surface area contributed by atoms with Crippen molar-refractivity contribution in [3.05, 3.63) is 35.5 Å². The summed E-state index contributed by atoms with van der Waals surface area (Å²) in [7, 11) is 2.44. The van der Waals surface area contributed by atoms with E-state index < -0.39 is 11.9 Å². The van der Waals surface area contributed by atoms with Gasteiger partial charge < -0.3 is 20.1 Å². The summed E-state index contributed by atoms with van der Waals surface area (Å²) in [6.07, 6.45) is 5.02. The van der Waals surface area contributed by atoms with Gasteiger partial charge in [0.25, 0.3) is 0 Å². The van der Waals surface area contributed by atoms with Gasteiger partial charge in [0.2, 0.25) is 5.91 Å². The van der Waals surface area contributed by atoms with Crippen molar-refractivity contribution in [3.8, 4) is 0 Å². The number of carbonyl (C=O) groups excluding carboxylic acids is 3. The zero-order valence-electron chi connectivity index (χ0n) is 15.3. The van der Waals surface area contributed by atoms with Gasteiger partial charge in [-0.2, -0.15) is 0 Å². The monoisotopic (exact) mass is 360 g/mol. The van der Waals surface area contributed by atoms with Crippen LogP contribution in [-0.4, -0.2) is 32.1 Å². The summed E-state index contributed by atoms with van der Waals surface area (Å²) in [5.74, 6) is -1.31. The molecular weight excluding hydrogens is 336 g/mol. The Morgan fingerprint density at radius 2 is 1.65 bits per heavy atom. The molecule has 0 aromatic heterocycles. The lowest BCUT2D eigenvalue weighted by Crippen LogP contribution is -2.21. The van der Waals surface area contributed by atoms with Gasteiger partial charge in [-0.3, -0.25) is 4.79 Å². The molecule has 0 heterocycles. The number of esters is 2. The van der Waals surface area contributed by atoms with Crippen molar-refractivity contribution in [1.29, 1.82) is 0 Å². The number of hydrogen-bond donors (Lipinski definition) is 2. The molecule has 0 unspecified atom stereocenters. The Balaban J connectivity index is 2.21. The Kier molecular flexibility index (Phi) is 6.77. The second-order valence-electron chi connectivity index (χ2n) is 6.15. The van der Waals surface area contributed by atoms with Crippen LogP contribution in [0, 0.1) is 12.8 Å². The van der Waals surface area contributed by atoms with Crippen LogP contribution < -0.4 is 10.6 Å². The number of amides is 1. The highest BCUT2D eigenvalue weighted by Gasteiger charge is 2.23. The largest absolute Gasteiger partial charge is 0.466 e. The van der Waals surface area contributed by atoms with Crippen LogP contribution in [0.5, 0.6) is 0 Å². The van der Waals surface area contributed by atoms with E-state index in [-0.39, 0.29) is 17.5 Å². The summed E-state index contributed by atoms with van der Waals surface area (Å²) >= 11 is 0. The molecule has 1 aromatic rings. The maximum absolute atomic E-state index is 12.4. The molecule has 1 aromatic carbocycles. The number of nitrogens with one attached hydrogen (secondary N) is 2. The van der Waals surface area contributed by atoms with Crippen LogP contribution in [0.2, 0.25) is 0 Å². The van der Waals surface area contributed by atoms with Gasteiger partial charge in [0.15, 0.2) is 0 Å². The van der Waals surface area contributed by atoms with Crippen molar-refractivity contribution in [1.82, 2.24) is 0 Å². The van der Waals surface area contributed by atoms with Crippen molar-refractivity contribution >= 4 is 29.2 Å². The first kappa shape index (κ1) is 19.5. The van der Waals surface area contributed by atoms with E-state index >= 15 is 0 Å². The van der Waals surface area contributed by atoms with Gasteiger partial charge in [-0.1, -0.05) is 18.9 Å². The Hall–Kier alpha value is -2.83. The molecule has 2 N–H and O–H groups in total. The highest BCUT2D eigenvalue weighted by Crippen LogP contribution is 2.29.